The highest BCUT2D eigenvalue weighted by molar-refractivity contribution is 5.77. The normalized spacial score (nSPS) is 19.2. The van der Waals surface area contributed by atoms with Crippen LogP contribution in [0.5, 0.6) is 0 Å². The highest BCUT2D eigenvalue weighted by atomic mass is 16.5. The summed E-state index contributed by atoms with van der Waals surface area (Å²) in [5.41, 5.74) is 0.844. The van der Waals surface area contributed by atoms with Gasteiger partial charge in [-0.3, -0.25) is 9.78 Å². The van der Waals surface area contributed by atoms with Crippen LogP contribution >= 0.6 is 0 Å². The highest BCUT2D eigenvalue weighted by Crippen LogP contribution is 2.31. The molecular weight excluding hydrogens is 304 g/mol. The second kappa shape index (κ2) is 6.71. The lowest BCUT2D eigenvalue weighted by molar-refractivity contribution is -0.137. The van der Waals surface area contributed by atoms with Crippen molar-refractivity contribution in [1.29, 1.82) is 0 Å². The molecule has 0 N–H and O–H groups in total. The molecule has 4 rings (SSSR count). The first-order valence-electron chi connectivity index (χ1n) is 8.81. The molecule has 2 aliphatic rings. The number of nitrogens with zero attached hydrogens (tertiary/aromatic N) is 4. The first-order chi connectivity index (χ1) is 11.8. The summed E-state index contributed by atoms with van der Waals surface area (Å²) in [4.78, 5) is 22.8. The van der Waals surface area contributed by atoms with Crippen LogP contribution in [-0.2, 0) is 4.79 Å². The molecule has 2 aromatic heterocycles. The van der Waals surface area contributed by atoms with E-state index in [0.717, 1.165) is 5.56 Å². The molecule has 0 aromatic carbocycles. The topological polar surface area (TPSA) is 72.1 Å². The number of likely N-dealkylation sites (tertiary alicyclic amines) is 1. The van der Waals surface area contributed by atoms with E-state index in [1.807, 2.05) is 17.0 Å². The Balaban J connectivity index is 1.31. The van der Waals surface area contributed by atoms with Crippen LogP contribution in [0.25, 0.3) is 11.4 Å². The minimum atomic E-state index is 0.165. The first kappa shape index (κ1) is 15.3. The van der Waals surface area contributed by atoms with Crippen molar-refractivity contribution in [2.75, 3.05) is 13.1 Å². The fourth-order valence-electron chi connectivity index (χ4n) is 3.62. The largest absolute Gasteiger partial charge is 0.341 e. The SMILES string of the molecule is O=C(CC1CCCCC1)N1CC(c2nc(-c3cccnc3)no2)C1. The number of aromatic nitrogens is 3. The van der Waals surface area contributed by atoms with E-state index in [2.05, 4.69) is 15.1 Å². The number of amides is 1. The standard InChI is InChI=1S/C18H22N4O2/c23-16(9-13-5-2-1-3-6-13)22-11-15(12-22)18-20-17(21-24-18)14-7-4-8-19-10-14/h4,7-8,10,13,15H,1-3,5-6,9,11-12H2. The van der Waals surface area contributed by atoms with E-state index in [-0.39, 0.29) is 11.8 Å². The fourth-order valence-corrected chi connectivity index (χ4v) is 3.62. The van der Waals surface area contributed by atoms with Gasteiger partial charge in [0.25, 0.3) is 0 Å². The predicted octanol–water partition coefficient (Wildman–Crippen LogP) is 3.03. The second-order valence-corrected chi connectivity index (χ2v) is 6.90. The Morgan fingerprint density at radius 1 is 1.25 bits per heavy atom. The maximum atomic E-state index is 12.3. The molecule has 1 amide bonds. The number of carbonyl (C=O) groups excluding carboxylic acids is 1. The summed E-state index contributed by atoms with van der Waals surface area (Å²) in [6.07, 6.45) is 10.4. The summed E-state index contributed by atoms with van der Waals surface area (Å²) < 4.78 is 5.37. The zero-order valence-corrected chi connectivity index (χ0v) is 13.7. The molecular formula is C18H22N4O2. The Morgan fingerprint density at radius 3 is 2.83 bits per heavy atom. The van der Waals surface area contributed by atoms with Gasteiger partial charge in [-0.25, -0.2) is 0 Å². The van der Waals surface area contributed by atoms with Crippen LogP contribution in [0.2, 0.25) is 0 Å². The zero-order chi connectivity index (χ0) is 16.4. The minimum Gasteiger partial charge on any atom is -0.341 e. The third-order valence-corrected chi connectivity index (χ3v) is 5.13. The van der Waals surface area contributed by atoms with Crippen molar-refractivity contribution in [3.63, 3.8) is 0 Å². The minimum absolute atomic E-state index is 0.165. The van der Waals surface area contributed by atoms with E-state index in [0.29, 0.717) is 37.1 Å². The summed E-state index contributed by atoms with van der Waals surface area (Å²) in [5.74, 6) is 2.22. The Bertz CT molecular complexity index is 688. The van der Waals surface area contributed by atoms with E-state index < -0.39 is 0 Å². The van der Waals surface area contributed by atoms with E-state index in [4.69, 9.17) is 4.52 Å². The Hall–Kier alpha value is -2.24. The van der Waals surface area contributed by atoms with Crippen LogP contribution in [-0.4, -0.2) is 39.0 Å². The van der Waals surface area contributed by atoms with Crippen molar-refractivity contribution in [3.8, 4) is 11.4 Å². The fraction of sp³-hybridized carbons (Fsp3) is 0.556. The van der Waals surface area contributed by atoms with Crippen molar-refractivity contribution >= 4 is 5.91 Å². The van der Waals surface area contributed by atoms with Crippen molar-refractivity contribution in [1.82, 2.24) is 20.0 Å². The van der Waals surface area contributed by atoms with Crippen molar-refractivity contribution < 1.29 is 9.32 Å². The molecule has 24 heavy (non-hydrogen) atoms. The van der Waals surface area contributed by atoms with Crippen LogP contribution in [0.3, 0.4) is 0 Å². The van der Waals surface area contributed by atoms with Gasteiger partial charge in [0.2, 0.25) is 17.6 Å². The molecule has 0 bridgehead atoms. The Morgan fingerprint density at radius 2 is 2.08 bits per heavy atom. The van der Waals surface area contributed by atoms with E-state index >= 15 is 0 Å². The second-order valence-electron chi connectivity index (χ2n) is 6.90. The monoisotopic (exact) mass is 326 g/mol. The van der Waals surface area contributed by atoms with Crippen molar-refractivity contribution in [2.45, 2.75) is 44.4 Å². The van der Waals surface area contributed by atoms with Gasteiger partial charge in [-0.2, -0.15) is 4.98 Å². The molecule has 2 aromatic rings. The van der Waals surface area contributed by atoms with Crippen molar-refractivity contribution in [3.05, 3.63) is 30.4 Å². The molecule has 3 heterocycles. The lowest BCUT2D eigenvalue weighted by atomic mass is 9.86. The van der Waals surface area contributed by atoms with E-state index in [1.165, 1.54) is 32.1 Å². The molecule has 2 fully saturated rings. The molecule has 6 nitrogen and oxygen atoms in total. The molecule has 6 heteroatoms. The summed E-state index contributed by atoms with van der Waals surface area (Å²) in [6, 6.07) is 3.75. The van der Waals surface area contributed by atoms with Gasteiger partial charge in [-0.05, 0) is 30.9 Å². The highest BCUT2D eigenvalue weighted by Gasteiger charge is 2.36. The van der Waals surface area contributed by atoms with Crippen LogP contribution in [0, 0.1) is 5.92 Å². The van der Waals surface area contributed by atoms with Gasteiger partial charge in [-0.15, -0.1) is 0 Å². The number of hydrogen-bond donors (Lipinski definition) is 0. The summed E-state index contributed by atoms with van der Waals surface area (Å²) in [7, 11) is 0. The third kappa shape index (κ3) is 3.18. The molecule has 1 aliphatic heterocycles. The Labute approximate surface area is 141 Å². The van der Waals surface area contributed by atoms with Crippen LogP contribution < -0.4 is 0 Å². The molecule has 0 atom stereocenters. The molecule has 126 valence electrons. The predicted molar refractivity (Wildman–Crippen MR) is 88.0 cm³/mol. The lowest BCUT2D eigenvalue weighted by Gasteiger charge is -2.38. The number of pyridine rings is 1. The van der Waals surface area contributed by atoms with Gasteiger partial charge < -0.3 is 9.42 Å². The smallest absolute Gasteiger partial charge is 0.233 e. The van der Waals surface area contributed by atoms with Gasteiger partial charge in [0.05, 0.1) is 5.92 Å². The van der Waals surface area contributed by atoms with Crippen LogP contribution in [0.15, 0.2) is 29.0 Å². The first-order valence-corrected chi connectivity index (χ1v) is 8.81. The third-order valence-electron chi connectivity index (χ3n) is 5.13. The van der Waals surface area contributed by atoms with E-state index in [9.17, 15) is 4.79 Å². The van der Waals surface area contributed by atoms with E-state index in [1.54, 1.807) is 12.4 Å². The molecule has 0 spiro atoms. The van der Waals surface area contributed by atoms with Gasteiger partial charge in [0.1, 0.15) is 0 Å². The zero-order valence-electron chi connectivity index (χ0n) is 13.7. The van der Waals surface area contributed by atoms with Crippen LogP contribution in [0.4, 0.5) is 0 Å². The summed E-state index contributed by atoms with van der Waals surface area (Å²) in [5, 5.41) is 4.02. The molecule has 1 saturated carbocycles. The van der Waals surface area contributed by atoms with Gasteiger partial charge in [0, 0.05) is 37.5 Å². The average molecular weight is 326 g/mol. The van der Waals surface area contributed by atoms with Gasteiger partial charge >= 0.3 is 0 Å². The number of hydrogen-bond acceptors (Lipinski definition) is 5. The molecule has 1 saturated heterocycles. The van der Waals surface area contributed by atoms with Gasteiger partial charge in [-0.1, -0.05) is 24.4 Å². The Kier molecular flexibility index (Phi) is 4.28. The maximum absolute atomic E-state index is 12.3. The molecule has 0 unspecified atom stereocenters. The lowest BCUT2D eigenvalue weighted by Crippen LogP contribution is -2.49. The summed E-state index contributed by atoms with van der Waals surface area (Å²) in [6.45, 7) is 1.39. The van der Waals surface area contributed by atoms with Crippen LogP contribution in [0.1, 0.15) is 50.3 Å². The van der Waals surface area contributed by atoms with Gasteiger partial charge in [0.15, 0.2) is 0 Å². The maximum Gasteiger partial charge on any atom is 0.233 e. The number of carbonyl (C=O) groups is 1. The molecule has 0 radical (unpaired) electrons. The molecule has 1 aliphatic carbocycles. The summed E-state index contributed by atoms with van der Waals surface area (Å²) >= 11 is 0. The quantitative estimate of drug-likeness (QED) is 0.863. The van der Waals surface area contributed by atoms with Crippen molar-refractivity contribution in [2.24, 2.45) is 5.92 Å². The average Bonchev–Trinajstić information content (AvgIpc) is 3.05. The number of rotatable bonds is 4.